The third-order valence-corrected chi connectivity index (χ3v) is 3.76. The van der Waals surface area contributed by atoms with Gasteiger partial charge in [0.1, 0.15) is 0 Å². The van der Waals surface area contributed by atoms with Crippen molar-refractivity contribution in [3.05, 3.63) is 35.9 Å². The topological polar surface area (TPSA) is 15.3 Å². The number of hydrogen-bond acceptors (Lipinski definition) is 2. The predicted molar refractivity (Wildman–Crippen MR) is 77.9 cm³/mol. The van der Waals surface area contributed by atoms with E-state index in [9.17, 15) is 0 Å². The maximum Gasteiger partial charge on any atom is 0.0195 e. The Morgan fingerprint density at radius 3 is 2.89 bits per heavy atom. The first-order valence-electron chi connectivity index (χ1n) is 7.38. The molecule has 1 aliphatic rings. The van der Waals surface area contributed by atoms with E-state index in [0.717, 1.165) is 12.6 Å². The molecule has 0 amide bonds. The Morgan fingerprint density at radius 1 is 1.28 bits per heavy atom. The Hall–Kier alpha value is -0.860. The van der Waals surface area contributed by atoms with Gasteiger partial charge in [-0.3, -0.25) is 0 Å². The summed E-state index contributed by atoms with van der Waals surface area (Å²) in [5, 5.41) is 3.62. The average Bonchev–Trinajstić information content (AvgIpc) is 2.41. The number of nitrogens with one attached hydrogen (secondary N) is 1. The first kappa shape index (κ1) is 13.6. The van der Waals surface area contributed by atoms with Crippen molar-refractivity contribution in [2.75, 3.05) is 26.2 Å². The first-order valence-corrected chi connectivity index (χ1v) is 7.38. The third-order valence-electron chi connectivity index (χ3n) is 3.76. The van der Waals surface area contributed by atoms with Gasteiger partial charge in [-0.2, -0.15) is 0 Å². The molecule has 1 aromatic carbocycles. The highest BCUT2D eigenvalue weighted by atomic mass is 15.2. The van der Waals surface area contributed by atoms with E-state index < -0.39 is 0 Å². The largest absolute Gasteiger partial charge is 0.311 e. The van der Waals surface area contributed by atoms with Crippen LogP contribution in [0.15, 0.2) is 30.3 Å². The molecule has 0 aromatic heterocycles. The minimum atomic E-state index is 0.723. The van der Waals surface area contributed by atoms with Crippen LogP contribution in [0.25, 0.3) is 0 Å². The summed E-state index contributed by atoms with van der Waals surface area (Å²) >= 11 is 0. The minimum absolute atomic E-state index is 0.723. The molecule has 100 valence electrons. The van der Waals surface area contributed by atoms with Crippen LogP contribution >= 0.6 is 0 Å². The fraction of sp³-hybridized carbons (Fsp3) is 0.625. The zero-order valence-corrected chi connectivity index (χ0v) is 11.6. The van der Waals surface area contributed by atoms with Gasteiger partial charge >= 0.3 is 0 Å². The van der Waals surface area contributed by atoms with E-state index in [1.54, 1.807) is 0 Å². The molecule has 1 atom stereocenters. The highest BCUT2D eigenvalue weighted by Gasteiger charge is 2.17. The molecule has 0 spiro atoms. The summed E-state index contributed by atoms with van der Waals surface area (Å²) in [4.78, 5) is 2.62. The van der Waals surface area contributed by atoms with E-state index in [1.165, 1.54) is 50.9 Å². The zero-order chi connectivity index (χ0) is 12.6. The van der Waals surface area contributed by atoms with Crippen LogP contribution in [0.5, 0.6) is 0 Å². The smallest absolute Gasteiger partial charge is 0.0195 e. The molecule has 0 saturated carbocycles. The molecule has 2 heteroatoms. The number of benzene rings is 1. The van der Waals surface area contributed by atoms with Gasteiger partial charge in [-0.05, 0) is 31.4 Å². The molecule has 0 bridgehead atoms. The van der Waals surface area contributed by atoms with Crippen molar-refractivity contribution < 1.29 is 0 Å². The summed E-state index contributed by atoms with van der Waals surface area (Å²) in [5.74, 6) is 0. The molecule has 1 heterocycles. The molecule has 0 aliphatic carbocycles. The Morgan fingerprint density at radius 2 is 2.11 bits per heavy atom. The van der Waals surface area contributed by atoms with Crippen molar-refractivity contribution in [3.8, 4) is 0 Å². The Kier molecular flexibility index (Phi) is 5.69. The summed E-state index contributed by atoms with van der Waals surface area (Å²) in [5.41, 5.74) is 1.47. The molecular weight excluding hydrogens is 220 g/mol. The van der Waals surface area contributed by atoms with Gasteiger partial charge in [0.05, 0.1) is 0 Å². The number of hydrogen-bond donors (Lipinski definition) is 1. The van der Waals surface area contributed by atoms with Gasteiger partial charge in [-0.15, -0.1) is 0 Å². The Balaban J connectivity index is 1.67. The quantitative estimate of drug-likeness (QED) is 0.830. The van der Waals surface area contributed by atoms with Gasteiger partial charge in [-0.1, -0.05) is 43.7 Å². The number of rotatable bonds is 6. The lowest BCUT2D eigenvalue weighted by Crippen LogP contribution is -2.50. The van der Waals surface area contributed by atoms with Crippen LogP contribution in [0.3, 0.4) is 0 Å². The maximum atomic E-state index is 3.62. The van der Waals surface area contributed by atoms with Crippen LogP contribution in [-0.2, 0) is 6.42 Å². The van der Waals surface area contributed by atoms with Gasteiger partial charge in [-0.25, -0.2) is 0 Å². The monoisotopic (exact) mass is 246 g/mol. The SMILES string of the molecule is CCCC1CN(CCCc2ccccc2)CCN1. The second-order valence-electron chi connectivity index (χ2n) is 5.33. The molecule has 1 N–H and O–H groups in total. The van der Waals surface area contributed by atoms with E-state index in [0.29, 0.717) is 0 Å². The van der Waals surface area contributed by atoms with E-state index in [4.69, 9.17) is 0 Å². The summed E-state index contributed by atoms with van der Waals surface area (Å²) in [6, 6.07) is 11.6. The lowest BCUT2D eigenvalue weighted by Gasteiger charge is -2.33. The second-order valence-corrected chi connectivity index (χ2v) is 5.33. The highest BCUT2D eigenvalue weighted by Crippen LogP contribution is 2.08. The highest BCUT2D eigenvalue weighted by molar-refractivity contribution is 5.14. The minimum Gasteiger partial charge on any atom is -0.311 e. The fourth-order valence-electron chi connectivity index (χ4n) is 2.79. The first-order chi connectivity index (χ1) is 8.88. The van der Waals surface area contributed by atoms with E-state index in [1.807, 2.05) is 0 Å². The van der Waals surface area contributed by atoms with Crippen LogP contribution in [0.1, 0.15) is 31.7 Å². The van der Waals surface area contributed by atoms with E-state index >= 15 is 0 Å². The summed E-state index contributed by atoms with van der Waals surface area (Å²) < 4.78 is 0. The van der Waals surface area contributed by atoms with Crippen LogP contribution in [0, 0.1) is 0 Å². The van der Waals surface area contributed by atoms with Gasteiger partial charge in [0, 0.05) is 25.7 Å². The average molecular weight is 246 g/mol. The molecule has 1 aliphatic heterocycles. The van der Waals surface area contributed by atoms with Crippen molar-refractivity contribution in [3.63, 3.8) is 0 Å². The third kappa shape index (κ3) is 4.43. The summed E-state index contributed by atoms with van der Waals surface area (Å²) in [6.45, 7) is 7.14. The van der Waals surface area contributed by atoms with E-state index in [-0.39, 0.29) is 0 Å². The van der Waals surface area contributed by atoms with Crippen molar-refractivity contribution in [2.45, 2.75) is 38.6 Å². The van der Waals surface area contributed by atoms with Crippen molar-refractivity contribution in [2.24, 2.45) is 0 Å². The molecule has 1 fully saturated rings. The second kappa shape index (κ2) is 7.55. The summed E-state index contributed by atoms with van der Waals surface area (Å²) in [7, 11) is 0. The van der Waals surface area contributed by atoms with E-state index in [2.05, 4.69) is 47.5 Å². The van der Waals surface area contributed by atoms with Crippen LogP contribution in [-0.4, -0.2) is 37.1 Å². The van der Waals surface area contributed by atoms with Crippen LogP contribution in [0.2, 0.25) is 0 Å². The van der Waals surface area contributed by atoms with Gasteiger partial charge in [0.25, 0.3) is 0 Å². The van der Waals surface area contributed by atoms with Crippen molar-refractivity contribution >= 4 is 0 Å². The lowest BCUT2D eigenvalue weighted by molar-refractivity contribution is 0.192. The molecule has 0 radical (unpaired) electrons. The zero-order valence-electron chi connectivity index (χ0n) is 11.6. The lowest BCUT2D eigenvalue weighted by atomic mass is 10.1. The predicted octanol–water partition coefficient (Wildman–Crippen LogP) is 2.69. The molecule has 1 unspecified atom stereocenters. The Labute approximate surface area is 111 Å². The molecule has 1 saturated heterocycles. The fourth-order valence-corrected chi connectivity index (χ4v) is 2.79. The van der Waals surface area contributed by atoms with Crippen molar-refractivity contribution in [1.82, 2.24) is 10.2 Å². The maximum absolute atomic E-state index is 3.62. The van der Waals surface area contributed by atoms with Gasteiger partial charge < -0.3 is 10.2 Å². The summed E-state index contributed by atoms with van der Waals surface area (Å²) in [6.07, 6.45) is 5.09. The Bertz CT molecular complexity index is 321. The van der Waals surface area contributed by atoms with Crippen LogP contribution in [0.4, 0.5) is 0 Å². The molecule has 2 nitrogen and oxygen atoms in total. The number of nitrogens with zero attached hydrogens (tertiary/aromatic N) is 1. The molecule has 18 heavy (non-hydrogen) atoms. The molecular formula is C16H26N2. The number of aryl methyl sites for hydroxylation is 1. The standard InChI is InChI=1S/C16H26N2/c1-2-7-16-14-18(13-11-17-16)12-6-10-15-8-4-3-5-9-15/h3-5,8-9,16-17H,2,6-7,10-14H2,1H3. The van der Waals surface area contributed by atoms with Gasteiger partial charge in [0.15, 0.2) is 0 Å². The van der Waals surface area contributed by atoms with Gasteiger partial charge in [0.2, 0.25) is 0 Å². The normalized spacial score (nSPS) is 21.1. The van der Waals surface area contributed by atoms with Crippen LogP contribution < -0.4 is 5.32 Å². The molecule has 2 rings (SSSR count). The number of piperazine rings is 1. The molecule has 1 aromatic rings. The van der Waals surface area contributed by atoms with Crippen molar-refractivity contribution in [1.29, 1.82) is 0 Å².